The molecule has 92 valence electrons. The van der Waals surface area contributed by atoms with Gasteiger partial charge in [0.1, 0.15) is 5.41 Å². The molecule has 0 atom stereocenters. The van der Waals surface area contributed by atoms with E-state index in [9.17, 15) is 9.59 Å². The molecular formula is C12H21NO3. The van der Waals surface area contributed by atoms with Gasteiger partial charge in [0.15, 0.2) is 5.78 Å². The van der Waals surface area contributed by atoms with Crippen molar-refractivity contribution in [1.29, 1.82) is 0 Å². The van der Waals surface area contributed by atoms with E-state index in [0.717, 1.165) is 12.8 Å². The fourth-order valence-electron chi connectivity index (χ4n) is 1.49. The van der Waals surface area contributed by atoms with Gasteiger partial charge in [-0.1, -0.05) is 0 Å². The Morgan fingerprint density at radius 1 is 1.38 bits per heavy atom. The van der Waals surface area contributed by atoms with Crippen LogP contribution in [0.15, 0.2) is 0 Å². The SMILES string of the molecule is CCOC(=O)C(C)(C)C(=O)CN(C)C1CC1. The van der Waals surface area contributed by atoms with Crippen LogP contribution in [0.4, 0.5) is 0 Å². The average molecular weight is 227 g/mol. The minimum absolute atomic E-state index is 0.0691. The fourth-order valence-corrected chi connectivity index (χ4v) is 1.49. The number of likely N-dealkylation sites (N-methyl/N-ethyl adjacent to an activating group) is 1. The smallest absolute Gasteiger partial charge is 0.319 e. The highest BCUT2D eigenvalue weighted by Gasteiger charge is 2.39. The van der Waals surface area contributed by atoms with Gasteiger partial charge in [0.05, 0.1) is 13.2 Å². The molecule has 1 aliphatic rings. The molecule has 4 heteroatoms. The lowest BCUT2D eigenvalue weighted by atomic mass is 9.88. The number of carbonyl (C=O) groups excluding carboxylic acids is 2. The number of carbonyl (C=O) groups is 2. The predicted octanol–water partition coefficient (Wildman–Crippen LogP) is 1.24. The first-order chi connectivity index (χ1) is 7.39. The van der Waals surface area contributed by atoms with E-state index < -0.39 is 11.4 Å². The highest BCUT2D eigenvalue weighted by molar-refractivity contribution is 6.03. The van der Waals surface area contributed by atoms with E-state index in [4.69, 9.17) is 4.74 Å². The van der Waals surface area contributed by atoms with Crippen molar-refractivity contribution in [2.45, 2.75) is 39.7 Å². The van der Waals surface area contributed by atoms with Gasteiger partial charge in [-0.2, -0.15) is 0 Å². The Hall–Kier alpha value is -0.900. The molecule has 0 aromatic rings. The molecule has 0 radical (unpaired) electrons. The van der Waals surface area contributed by atoms with Crippen LogP contribution in [0.25, 0.3) is 0 Å². The minimum Gasteiger partial charge on any atom is -0.465 e. The number of hydrogen-bond acceptors (Lipinski definition) is 4. The summed E-state index contributed by atoms with van der Waals surface area (Å²) >= 11 is 0. The maximum atomic E-state index is 12.0. The molecule has 0 spiro atoms. The van der Waals surface area contributed by atoms with E-state index in [1.54, 1.807) is 20.8 Å². The monoisotopic (exact) mass is 227 g/mol. The van der Waals surface area contributed by atoms with Crippen LogP contribution in [0.2, 0.25) is 0 Å². The Kier molecular flexibility index (Phi) is 4.08. The van der Waals surface area contributed by atoms with Gasteiger partial charge in [-0.05, 0) is 40.7 Å². The summed E-state index contributed by atoms with van der Waals surface area (Å²) in [6, 6.07) is 0.530. The molecule has 0 saturated heterocycles. The third kappa shape index (κ3) is 3.04. The Balaban J connectivity index is 2.52. The van der Waals surface area contributed by atoms with Crippen molar-refractivity contribution in [3.05, 3.63) is 0 Å². The van der Waals surface area contributed by atoms with Gasteiger partial charge < -0.3 is 4.74 Å². The minimum atomic E-state index is -1.03. The summed E-state index contributed by atoms with van der Waals surface area (Å²) in [5.74, 6) is -0.496. The number of hydrogen-bond donors (Lipinski definition) is 0. The predicted molar refractivity (Wildman–Crippen MR) is 61.1 cm³/mol. The second-order valence-corrected chi connectivity index (χ2v) is 4.91. The molecular weight excluding hydrogens is 206 g/mol. The fraction of sp³-hybridized carbons (Fsp3) is 0.833. The van der Waals surface area contributed by atoms with E-state index in [2.05, 4.69) is 0 Å². The second kappa shape index (κ2) is 4.95. The average Bonchev–Trinajstić information content (AvgIpc) is 3.00. The summed E-state index contributed by atoms with van der Waals surface area (Å²) in [6.45, 7) is 5.65. The largest absolute Gasteiger partial charge is 0.465 e. The summed E-state index contributed by atoms with van der Waals surface area (Å²) in [5.41, 5.74) is -1.03. The molecule has 0 aromatic carbocycles. The highest BCUT2D eigenvalue weighted by atomic mass is 16.5. The zero-order valence-electron chi connectivity index (χ0n) is 10.6. The molecule has 16 heavy (non-hydrogen) atoms. The van der Waals surface area contributed by atoms with Crippen LogP contribution in [-0.2, 0) is 14.3 Å². The van der Waals surface area contributed by atoms with Crippen LogP contribution in [0.3, 0.4) is 0 Å². The lowest BCUT2D eigenvalue weighted by Gasteiger charge is -2.24. The van der Waals surface area contributed by atoms with Crippen molar-refractivity contribution in [3.8, 4) is 0 Å². The number of Topliss-reactive ketones (excluding diaryl/α,β-unsaturated/α-hetero) is 1. The molecule has 1 aliphatic carbocycles. The summed E-state index contributed by atoms with van der Waals surface area (Å²) in [6.07, 6.45) is 2.31. The van der Waals surface area contributed by atoms with Crippen molar-refractivity contribution in [1.82, 2.24) is 4.90 Å². The molecule has 0 bridgehead atoms. The zero-order valence-corrected chi connectivity index (χ0v) is 10.6. The third-order valence-electron chi connectivity index (χ3n) is 3.05. The van der Waals surface area contributed by atoms with E-state index >= 15 is 0 Å². The number of esters is 1. The molecule has 0 unspecified atom stereocenters. The number of nitrogens with zero attached hydrogens (tertiary/aromatic N) is 1. The molecule has 1 saturated carbocycles. The molecule has 0 aliphatic heterocycles. The van der Waals surface area contributed by atoms with Gasteiger partial charge in [-0.3, -0.25) is 14.5 Å². The van der Waals surface area contributed by atoms with Gasteiger partial charge in [-0.15, -0.1) is 0 Å². The normalized spacial score (nSPS) is 16.3. The molecule has 0 heterocycles. The van der Waals surface area contributed by atoms with Crippen LogP contribution in [0.5, 0.6) is 0 Å². The molecule has 0 N–H and O–H groups in total. The molecule has 1 rings (SSSR count). The van der Waals surface area contributed by atoms with Crippen LogP contribution in [0.1, 0.15) is 33.6 Å². The van der Waals surface area contributed by atoms with Crippen molar-refractivity contribution in [2.75, 3.05) is 20.2 Å². The van der Waals surface area contributed by atoms with Gasteiger partial charge in [-0.25, -0.2) is 0 Å². The molecule has 0 amide bonds. The number of ketones is 1. The van der Waals surface area contributed by atoms with Crippen LogP contribution < -0.4 is 0 Å². The van der Waals surface area contributed by atoms with Crippen LogP contribution >= 0.6 is 0 Å². The van der Waals surface area contributed by atoms with Crippen LogP contribution in [0, 0.1) is 5.41 Å². The standard InChI is InChI=1S/C12H21NO3/c1-5-16-11(15)12(2,3)10(14)8-13(4)9-6-7-9/h9H,5-8H2,1-4H3. The summed E-state index contributed by atoms with van der Waals surface area (Å²) in [7, 11) is 1.93. The first kappa shape index (κ1) is 13.2. The third-order valence-corrected chi connectivity index (χ3v) is 3.05. The zero-order chi connectivity index (χ0) is 12.3. The number of rotatable bonds is 6. The van der Waals surface area contributed by atoms with Gasteiger partial charge >= 0.3 is 5.97 Å². The van der Waals surface area contributed by atoms with E-state index in [1.807, 2.05) is 11.9 Å². The van der Waals surface area contributed by atoms with E-state index in [-0.39, 0.29) is 5.78 Å². The molecule has 1 fully saturated rings. The van der Waals surface area contributed by atoms with Crippen molar-refractivity contribution in [3.63, 3.8) is 0 Å². The maximum Gasteiger partial charge on any atom is 0.319 e. The molecule has 0 aromatic heterocycles. The van der Waals surface area contributed by atoms with E-state index in [1.165, 1.54) is 0 Å². The summed E-state index contributed by atoms with van der Waals surface area (Å²) in [5, 5.41) is 0. The number of ether oxygens (including phenoxy) is 1. The first-order valence-corrected chi connectivity index (χ1v) is 5.80. The molecule has 4 nitrogen and oxygen atoms in total. The Labute approximate surface area is 96.9 Å². The second-order valence-electron chi connectivity index (χ2n) is 4.91. The Morgan fingerprint density at radius 3 is 2.38 bits per heavy atom. The Bertz CT molecular complexity index is 282. The quantitative estimate of drug-likeness (QED) is 0.506. The summed E-state index contributed by atoms with van der Waals surface area (Å²) in [4.78, 5) is 25.6. The topological polar surface area (TPSA) is 46.6 Å². The van der Waals surface area contributed by atoms with Gasteiger partial charge in [0.2, 0.25) is 0 Å². The van der Waals surface area contributed by atoms with E-state index in [0.29, 0.717) is 19.2 Å². The summed E-state index contributed by atoms with van der Waals surface area (Å²) < 4.78 is 4.91. The van der Waals surface area contributed by atoms with Gasteiger partial charge in [0.25, 0.3) is 0 Å². The lowest BCUT2D eigenvalue weighted by molar-refractivity contribution is -0.158. The van der Waals surface area contributed by atoms with Crippen LogP contribution in [-0.4, -0.2) is 42.9 Å². The van der Waals surface area contributed by atoms with Crippen molar-refractivity contribution >= 4 is 11.8 Å². The highest BCUT2D eigenvalue weighted by Crippen LogP contribution is 2.27. The maximum absolute atomic E-state index is 12.0. The van der Waals surface area contributed by atoms with Crippen molar-refractivity contribution in [2.24, 2.45) is 5.41 Å². The lowest BCUT2D eigenvalue weighted by Crippen LogP contribution is -2.41. The van der Waals surface area contributed by atoms with Crippen molar-refractivity contribution < 1.29 is 14.3 Å². The Morgan fingerprint density at radius 2 is 1.94 bits per heavy atom. The first-order valence-electron chi connectivity index (χ1n) is 5.80. The van der Waals surface area contributed by atoms with Gasteiger partial charge in [0, 0.05) is 6.04 Å².